The summed E-state index contributed by atoms with van der Waals surface area (Å²) in [6.07, 6.45) is 0.792. The summed E-state index contributed by atoms with van der Waals surface area (Å²) >= 11 is 0. The molecule has 0 atom stereocenters. The lowest BCUT2D eigenvalue weighted by atomic mass is 10.1. The van der Waals surface area contributed by atoms with Crippen molar-refractivity contribution in [2.24, 2.45) is 5.73 Å². The molecular weight excluding hydrogens is 264 g/mol. The van der Waals surface area contributed by atoms with Gasteiger partial charge in [-0.1, -0.05) is 19.6 Å². The van der Waals surface area contributed by atoms with Gasteiger partial charge in [0.25, 0.3) is 0 Å². The second-order valence-corrected chi connectivity index (χ2v) is 4.71. The molecule has 2 aromatic rings. The molecule has 0 bridgehead atoms. The molecule has 0 fully saturated rings. The van der Waals surface area contributed by atoms with Crippen molar-refractivity contribution in [3.05, 3.63) is 36.4 Å². The van der Waals surface area contributed by atoms with Crippen LogP contribution in [0.25, 0.3) is 10.8 Å². The summed E-state index contributed by atoms with van der Waals surface area (Å²) < 4.78 is 5.21. The van der Waals surface area contributed by atoms with Crippen molar-refractivity contribution in [3.63, 3.8) is 0 Å². The zero-order chi connectivity index (χ0) is 14.5. The Labute approximate surface area is 126 Å². The average molecular weight is 288 g/mol. The van der Waals surface area contributed by atoms with Crippen LogP contribution < -0.4 is 15.4 Å². The number of benzene rings is 2. The highest BCUT2D eigenvalue weighted by molar-refractivity contribution is 5.95. The van der Waals surface area contributed by atoms with Crippen molar-refractivity contribution in [2.45, 2.75) is 20.8 Å². The number of anilines is 1. The van der Waals surface area contributed by atoms with E-state index < -0.39 is 0 Å². The first kappa shape index (κ1) is 17.0. The van der Waals surface area contributed by atoms with Crippen LogP contribution in [0.1, 0.15) is 20.8 Å². The van der Waals surface area contributed by atoms with Crippen molar-refractivity contribution >= 4 is 22.4 Å². The van der Waals surface area contributed by atoms with Crippen LogP contribution in [0.15, 0.2) is 36.4 Å². The maximum atomic E-state index is 11.8. The molecule has 0 aliphatic carbocycles. The molecule has 0 radical (unpaired) electrons. The van der Waals surface area contributed by atoms with Crippen molar-refractivity contribution in [1.82, 2.24) is 0 Å². The fourth-order valence-corrected chi connectivity index (χ4v) is 2.22. The number of carbonyl (C=O) groups is 1. The molecule has 0 saturated carbocycles. The van der Waals surface area contributed by atoms with Crippen LogP contribution >= 0.6 is 0 Å². The maximum Gasteiger partial charge on any atom is 0.223 e. The monoisotopic (exact) mass is 288 g/mol. The van der Waals surface area contributed by atoms with Crippen LogP contribution in [-0.4, -0.2) is 26.1 Å². The van der Waals surface area contributed by atoms with Gasteiger partial charge in [0.05, 0.1) is 7.11 Å². The summed E-state index contributed by atoms with van der Waals surface area (Å²) in [5, 5.41) is 2.18. The van der Waals surface area contributed by atoms with Gasteiger partial charge >= 0.3 is 0 Å². The molecule has 0 spiro atoms. The number of carbonyl (C=O) groups excluding carboxylic acids is 1. The van der Waals surface area contributed by atoms with Gasteiger partial charge in [-0.3, -0.25) is 4.79 Å². The zero-order valence-electron chi connectivity index (χ0n) is 11.9. The predicted molar refractivity (Wildman–Crippen MR) is 88.9 cm³/mol. The largest absolute Gasteiger partial charge is 0.497 e. The number of hydrogen-bond donors (Lipinski definition) is 1. The third-order valence-electron chi connectivity index (χ3n) is 3.31. The minimum Gasteiger partial charge on any atom is -0.497 e. The average Bonchev–Trinajstić information content (AvgIpc) is 2.46. The van der Waals surface area contributed by atoms with Crippen molar-refractivity contribution in [2.75, 3.05) is 25.1 Å². The van der Waals surface area contributed by atoms with E-state index in [1.807, 2.05) is 36.4 Å². The summed E-state index contributed by atoms with van der Waals surface area (Å²) in [5.41, 5.74) is 6.43. The molecule has 0 saturated heterocycles. The van der Waals surface area contributed by atoms with E-state index in [1.54, 1.807) is 18.9 Å². The first-order valence-corrected chi connectivity index (χ1v) is 6.71. The Balaban J connectivity index is 0.00000220. The van der Waals surface area contributed by atoms with E-state index in [9.17, 15) is 4.79 Å². The molecule has 4 heteroatoms. The number of amides is 1. The van der Waals surface area contributed by atoms with Crippen LogP contribution in [0.5, 0.6) is 5.75 Å². The molecule has 0 aromatic heterocycles. The number of ether oxygens (including phenoxy) is 1. The normalized spacial score (nSPS) is 10.0. The minimum absolute atomic E-state index is 0. The molecule has 0 heterocycles. The smallest absolute Gasteiger partial charge is 0.223 e. The number of hydrogen-bond acceptors (Lipinski definition) is 3. The van der Waals surface area contributed by atoms with Crippen LogP contribution in [0.4, 0.5) is 5.69 Å². The Morgan fingerprint density at radius 3 is 2.48 bits per heavy atom. The SMILES string of the molecule is C.COc1ccc2cc(N(CCCN)C(C)=O)ccc2c1. The third kappa shape index (κ3) is 3.95. The van der Waals surface area contributed by atoms with Gasteiger partial charge in [0, 0.05) is 19.2 Å². The molecule has 4 nitrogen and oxygen atoms in total. The van der Waals surface area contributed by atoms with Crippen LogP contribution in [-0.2, 0) is 4.79 Å². The van der Waals surface area contributed by atoms with Gasteiger partial charge in [0.2, 0.25) is 5.91 Å². The predicted octanol–water partition coefficient (Wildman–Crippen LogP) is 3.19. The van der Waals surface area contributed by atoms with Gasteiger partial charge in [0.15, 0.2) is 0 Å². The van der Waals surface area contributed by atoms with Crippen molar-refractivity contribution < 1.29 is 9.53 Å². The standard InChI is InChI=1S/C16H20N2O2.CH4/c1-12(19)18(9-3-8-17)15-6-4-14-11-16(20-2)7-5-13(14)10-15;/h4-7,10-11H,3,8-9,17H2,1-2H3;1H4. The third-order valence-corrected chi connectivity index (χ3v) is 3.31. The Morgan fingerprint density at radius 1 is 1.19 bits per heavy atom. The van der Waals surface area contributed by atoms with Gasteiger partial charge < -0.3 is 15.4 Å². The van der Waals surface area contributed by atoms with E-state index in [4.69, 9.17) is 10.5 Å². The molecule has 2 aromatic carbocycles. The molecule has 1 amide bonds. The summed E-state index contributed by atoms with van der Waals surface area (Å²) in [4.78, 5) is 13.5. The number of nitrogens with two attached hydrogens (primary N) is 1. The summed E-state index contributed by atoms with van der Waals surface area (Å²) in [6, 6.07) is 11.9. The molecule has 114 valence electrons. The molecule has 0 aliphatic rings. The van der Waals surface area contributed by atoms with E-state index in [2.05, 4.69) is 0 Å². The van der Waals surface area contributed by atoms with E-state index in [0.29, 0.717) is 13.1 Å². The molecule has 0 aliphatic heterocycles. The fraction of sp³-hybridized carbons (Fsp3) is 0.353. The Bertz CT molecular complexity index is 611. The highest BCUT2D eigenvalue weighted by Crippen LogP contribution is 2.25. The topological polar surface area (TPSA) is 55.6 Å². The van der Waals surface area contributed by atoms with Crippen LogP contribution in [0, 0.1) is 0 Å². The lowest BCUT2D eigenvalue weighted by Crippen LogP contribution is -2.30. The molecule has 21 heavy (non-hydrogen) atoms. The van der Waals surface area contributed by atoms with Gasteiger partial charge in [-0.15, -0.1) is 0 Å². The number of methoxy groups -OCH3 is 1. The fourth-order valence-electron chi connectivity index (χ4n) is 2.22. The van der Waals surface area contributed by atoms with Crippen LogP contribution in [0.3, 0.4) is 0 Å². The zero-order valence-corrected chi connectivity index (χ0v) is 11.9. The highest BCUT2D eigenvalue weighted by Gasteiger charge is 2.11. The number of rotatable bonds is 5. The first-order valence-electron chi connectivity index (χ1n) is 6.71. The lowest BCUT2D eigenvalue weighted by Gasteiger charge is -2.21. The minimum atomic E-state index is 0. The van der Waals surface area contributed by atoms with Crippen molar-refractivity contribution in [1.29, 1.82) is 0 Å². The van der Waals surface area contributed by atoms with E-state index in [0.717, 1.165) is 28.6 Å². The molecule has 0 unspecified atom stereocenters. The summed E-state index contributed by atoms with van der Waals surface area (Å²) in [5.74, 6) is 0.864. The quantitative estimate of drug-likeness (QED) is 0.919. The molecular formula is C17H24N2O2. The van der Waals surface area contributed by atoms with E-state index >= 15 is 0 Å². The first-order chi connectivity index (χ1) is 9.65. The second kappa shape index (κ2) is 7.64. The number of nitrogens with zero attached hydrogens (tertiary/aromatic N) is 1. The van der Waals surface area contributed by atoms with Gasteiger partial charge in [0.1, 0.15) is 5.75 Å². The van der Waals surface area contributed by atoms with Gasteiger partial charge in [-0.2, -0.15) is 0 Å². The van der Waals surface area contributed by atoms with Crippen molar-refractivity contribution in [3.8, 4) is 5.75 Å². The Kier molecular flexibility index (Phi) is 6.18. The summed E-state index contributed by atoms with van der Waals surface area (Å²) in [7, 11) is 1.65. The number of fused-ring (bicyclic) bond motifs is 1. The Morgan fingerprint density at radius 2 is 1.86 bits per heavy atom. The van der Waals surface area contributed by atoms with Gasteiger partial charge in [-0.05, 0) is 48.0 Å². The summed E-state index contributed by atoms with van der Waals surface area (Å²) in [6.45, 7) is 2.80. The van der Waals surface area contributed by atoms with E-state index in [1.165, 1.54) is 0 Å². The Hall–Kier alpha value is -2.07. The van der Waals surface area contributed by atoms with Gasteiger partial charge in [-0.25, -0.2) is 0 Å². The second-order valence-electron chi connectivity index (χ2n) is 4.71. The lowest BCUT2D eigenvalue weighted by molar-refractivity contribution is -0.116. The molecule has 2 rings (SSSR count). The highest BCUT2D eigenvalue weighted by atomic mass is 16.5. The molecule has 2 N–H and O–H groups in total. The maximum absolute atomic E-state index is 11.8. The van der Waals surface area contributed by atoms with E-state index in [-0.39, 0.29) is 13.3 Å². The van der Waals surface area contributed by atoms with Crippen LogP contribution in [0.2, 0.25) is 0 Å².